The predicted molar refractivity (Wildman–Crippen MR) is 75.3 cm³/mol. The fourth-order valence-electron chi connectivity index (χ4n) is 2.85. The molecule has 102 valence electrons. The molecule has 4 nitrogen and oxygen atoms in total. The standard InChI is InChI=1S/C15H22N4/c1-2-19(14-7-5-13(17)6-8-14)11-12-4-3-9-18-15(12)10-16/h3-4,9,13-14H,2,5-8,11,17H2,1H3. The van der Waals surface area contributed by atoms with Crippen molar-refractivity contribution in [2.75, 3.05) is 6.54 Å². The SMILES string of the molecule is CCN(Cc1cccnc1C#N)C1CCC(N)CC1. The van der Waals surface area contributed by atoms with Crippen LogP contribution in [-0.2, 0) is 6.54 Å². The van der Waals surface area contributed by atoms with Crippen LogP contribution < -0.4 is 5.73 Å². The van der Waals surface area contributed by atoms with Gasteiger partial charge in [-0.05, 0) is 38.3 Å². The summed E-state index contributed by atoms with van der Waals surface area (Å²) in [4.78, 5) is 6.58. The van der Waals surface area contributed by atoms with Gasteiger partial charge in [-0.15, -0.1) is 0 Å². The molecule has 1 aliphatic rings. The van der Waals surface area contributed by atoms with Gasteiger partial charge in [-0.1, -0.05) is 13.0 Å². The van der Waals surface area contributed by atoms with Crippen LogP contribution in [-0.4, -0.2) is 28.5 Å². The predicted octanol–water partition coefficient (Wildman–Crippen LogP) is 2.05. The van der Waals surface area contributed by atoms with Crippen LogP contribution in [0.2, 0.25) is 0 Å². The van der Waals surface area contributed by atoms with Crippen LogP contribution in [0, 0.1) is 11.3 Å². The molecule has 1 aromatic heterocycles. The van der Waals surface area contributed by atoms with Gasteiger partial charge in [-0.2, -0.15) is 5.26 Å². The zero-order chi connectivity index (χ0) is 13.7. The molecule has 1 aromatic rings. The van der Waals surface area contributed by atoms with Gasteiger partial charge in [0.05, 0.1) is 0 Å². The van der Waals surface area contributed by atoms with Crippen molar-refractivity contribution in [3.63, 3.8) is 0 Å². The molecule has 1 saturated carbocycles. The fraction of sp³-hybridized carbons (Fsp3) is 0.600. The highest BCUT2D eigenvalue weighted by Gasteiger charge is 2.23. The largest absolute Gasteiger partial charge is 0.328 e. The molecule has 0 aliphatic heterocycles. The number of pyridine rings is 1. The second-order valence-electron chi connectivity index (χ2n) is 5.25. The third kappa shape index (κ3) is 3.52. The zero-order valence-corrected chi connectivity index (χ0v) is 11.5. The Morgan fingerprint density at radius 2 is 2.16 bits per heavy atom. The van der Waals surface area contributed by atoms with Gasteiger partial charge in [0.2, 0.25) is 0 Å². The van der Waals surface area contributed by atoms with E-state index in [9.17, 15) is 0 Å². The van der Waals surface area contributed by atoms with E-state index in [1.807, 2.05) is 12.1 Å². The molecule has 0 atom stereocenters. The van der Waals surface area contributed by atoms with Gasteiger partial charge in [0, 0.05) is 30.4 Å². The number of nitrogens with two attached hydrogens (primary N) is 1. The summed E-state index contributed by atoms with van der Waals surface area (Å²) >= 11 is 0. The van der Waals surface area contributed by atoms with E-state index < -0.39 is 0 Å². The molecule has 0 aromatic carbocycles. The molecule has 0 saturated heterocycles. The number of nitriles is 1. The van der Waals surface area contributed by atoms with Gasteiger partial charge in [0.25, 0.3) is 0 Å². The molecule has 1 aliphatic carbocycles. The number of rotatable bonds is 4. The monoisotopic (exact) mass is 258 g/mol. The van der Waals surface area contributed by atoms with E-state index in [0.29, 0.717) is 17.8 Å². The lowest BCUT2D eigenvalue weighted by atomic mass is 9.90. The van der Waals surface area contributed by atoms with E-state index in [4.69, 9.17) is 11.0 Å². The lowest BCUT2D eigenvalue weighted by molar-refractivity contribution is 0.149. The third-order valence-electron chi connectivity index (χ3n) is 4.03. The van der Waals surface area contributed by atoms with E-state index in [-0.39, 0.29) is 0 Å². The average molecular weight is 258 g/mol. The fourth-order valence-corrected chi connectivity index (χ4v) is 2.85. The summed E-state index contributed by atoms with van der Waals surface area (Å²) in [5, 5.41) is 9.10. The van der Waals surface area contributed by atoms with Gasteiger partial charge < -0.3 is 5.73 Å². The highest BCUT2D eigenvalue weighted by Crippen LogP contribution is 2.23. The van der Waals surface area contributed by atoms with Crippen molar-refractivity contribution >= 4 is 0 Å². The molecule has 1 heterocycles. The summed E-state index contributed by atoms with van der Waals surface area (Å²) in [6.45, 7) is 3.99. The van der Waals surface area contributed by atoms with Gasteiger partial charge in [-0.3, -0.25) is 4.90 Å². The Morgan fingerprint density at radius 1 is 1.42 bits per heavy atom. The van der Waals surface area contributed by atoms with Crippen molar-refractivity contribution in [2.24, 2.45) is 5.73 Å². The summed E-state index contributed by atoms with van der Waals surface area (Å²) in [5.74, 6) is 0. The number of hydrogen-bond acceptors (Lipinski definition) is 4. The summed E-state index contributed by atoms with van der Waals surface area (Å²) in [6.07, 6.45) is 6.23. The van der Waals surface area contributed by atoms with Crippen molar-refractivity contribution in [1.82, 2.24) is 9.88 Å². The summed E-state index contributed by atoms with van der Waals surface area (Å²) in [5.41, 5.74) is 7.54. The van der Waals surface area contributed by atoms with Crippen LogP contribution >= 0.6 is 0 Å². The van der Waals surface area contributed by atoms with Crippen LogP contribution in [0.1, 0.15) is 43.9 Å². The Hall–Kier alpha value is -1.44. The Morgan fingerprint density at radius 3 is 2.79 bits per heavy atom. The minimum absolute atomic E-state index is 0.378. The first-order valence-electron chi connectivity index (χ1n) is 7.08. The lowest BCUT2D eigenvalue weighted by Crippen LogP contribution is -2.40. The van der Waals surface area contributed by atoms with Gasteiger partial charge >= 0.3 is 0 Å². The zero-order valence-electron chi connectivity index (χ0n) is 11.5. The maximum absolute atomic E-state index is 9.10. The highest BCUT2D eigenvalue weighted by molar-refractivity contribution is 5.30. The minimum Gasteiger partial charge on any atom is -0.328 e. The Kier molecular flexibility index (Phi) is 4.89. The van der Waals surface area contributed by atoms with E-state index in [0.717, 1.165) is 44.3 Å². The summed E-state index contributed by atoms with van der Waals surface area (Å²) < 4.78 is 0. The first-order chi connectivity index (χ1) is 9.24. The highest BCUT2D eigenvalue weighted by atomic mass is 15.1. The molecule has 0 unspecified atom stereocenters. The van der Waals surface area contributed by atoms with Crippen molar-refractivity contribution in [3.05, 3.63) is 29.6 Å². The normalized spacial score (nSPS) is 23.3. The lowest BCUT2D eigenvalue weighted by Gasteiger charge is -2.35. The molecular weight excluding hydrogens is 236 g/mol. The average Bonchev–Trinajstić information content (AvgIpc) is 2.46. The molecular formula is C15H22N4. The first-order valence-corrected chi connectivity index (χ1v) is 7.08. The molecule has 0 amide bonds. The maximum atomic E-state index is 9.10. The number of hydrogen-bond donors (Lipinski definition) is 1. The topological polar surface area (TPSA) is 65.9 Å². The van der Waals surface area contributed by atoms with E-state index >= 15 is 0 Å². The Bertz CT molecular complexity index is 444. The van der Waals surface area contributed by atoms with Crippen LogP contribution in [0.3, 0.4) is 0 Å². The molecule has 0 radical (unpaired) electrons. The Balaban J connectivity index is 2.05. The van der Waals surface area contributed by atoms with Crippen LogP contribution in [0.5, 0.6) is 0 Å². The quantitative estimate of drug-likeness (QED) is 0.897. The minimum atomic E-state index is 0.378. The number of nitrogens with zero attached hydrogens (tertiary/aromatic N) is 3. The Labute approximate surface area is 115 Å². The van der Waals surface area contributed by atoms with Gasteiger partial charge in [0.15, 0.2) is 0 Å². The van der Waals surface area contributed by atoms with Crippen LogP contribution in [0.25, 0.3) is 0 Å². The second-order valence-corrected chi connectivity index (χ2v) is 5.25. The van der Waals surface area contributed by atoms with Crippen LogP contribution in [0.15, 0.2) is 18.3 Å². The summed E-state index contributed by atoms with van der Waals surface area (Å²) in [6, 6.07) is 7.06. The van der Waals surface area contributed by atoms with Crippen molar-refractivity contribution in [2.45, 2.75) is 51.2 Å². The van der Waals surface area contributed by atoms with Crippen molar-refractivity contribution < 1.29 is 0 Å². The first kappa shape index (κ1) is 14.0. The molecule has 4 heteroatoms. The molecule has 0 spiro atoms. The van der Waals surface area contributed by atoms with E-state index in [1.54, 1.807) is 6.20 Å². The third-order valence-corrected chi connectivity index (χ3v) is 4.03. The van der Waals surface area contributed by atoms with Crippen LogP contribution in [0.4, 0.5) is 0 Å². The smallest absolute Gasteiger partial charge is 0.144 e. The maximum Gasteiger partial charge on any atom is 0.144 e. The second kappa shape index (κ2) is 6.65. The summed E-state index contributed by atoms with van der Waals surface area (Å²) in [7, 11) is 0. The van der Waals surface area contributed by atoms with E-state index in [1.165, 1.54) is 0 Å². The van der Waals surface area contributed by atoms with Gasteiger partial charge in [0.1, 0.15) is 11.8 Å². The molecule has 2 N–H and O–H groups in total. The van der Waals surface area contributed by atoms with E-state index in [2.05, 4.69) is 22.9 Å². The van der Waals surface area contributed by atoms with Crippen molar-refractivity contribution in [3.8, 4) is 6.07 Å². The molecule has 19 heavy (non-hydrogen) atoms. The number of aromatic nitrogens is 1. The molecule has 2 rings (SSSR count). The molecule has 1 fully saturated rings. The van der Waals surface area contributed by atoms with Gasteiger partial charge in [-0.25, -0.2) is 4.98 Å². The van der Waals surface area contributed by atoms with Crippen molar-refractivity contribution in [1.29, 1.82) is 5.26 Å². The molecule has 0 bridgehead atoms.